The van der Waals surface area contributed by atoms with E-state index in [0.717, 1.165) is 6.42 Å². The lowest BCUT2D eigenvalue weighted by atomic mass is 10.00. The molecule has 0 aromatic carbocycles. The zero-order valence-corrected chi connectivity index (χ0v) is 11.5. The number of hydrogen-bond donors (Lipinski definition) is 2. The van der Waals surface area contributed by atoms with Gasteiger partial charge in [0, 0.05) is 18.6 Å². The Morgan fingerprint density at radius 2 is 1.94 bits per heavy atom. The molecule has 0 bridgehead atoms. The molecule has 0 aromatic heterocycles. The Balaban J connectivity index is 2.46. The molecule has 1 rings (SSSR count). The number of rotatable bonds is 3. The van der Waals surface area contributed by atoms with Gasteiger partial charge in [-0.25, -0.2) is 13.1 Å². The third-order valence-corrected chi connectivity index (χ3v) is 5.19. The van der Waals surface area contributed by atoms with Crippen LogP contribution in [0, 0.1) is 0 Å². The highest BCUT2D eigenvalue weighted by Gasteiger charge is 2.29. The van der Waals surface area contributed by atoms with Crippen LogP contribution in [0.1, 0.15) is 47.0 Å². The van der Waals surface area contributed by atoms with Crippen molar-refractivity contribution in [2.75, 3.05) is 6.54 Å². The van der Waals surface area contributed by atoms with Gasteiger partial charge in [-0.15, -0.1) is 0 Å². The second-order valence-electron chi connectivity index (χ2n) is 5.66. The summed E-state index contributed by atoms with van der Waals surface area (Å²) in [5, 5.41) is 3.41. The van der Waals surface area contributed by atoms with Gasteiger partial charge in [0.2, 0.25) is 10.0 Å². The molecule has 1 fully saturated rings. The summed E-state index contributed by atoms with van der Waals surface area (Å²) in [5.41, 5.74) is 0. The smallest absolute Gasteiger partial charge is 0.216 e. The van der Waals surface area contributed by atoms with Gasteiger partial charge in [0.25, 0.3) is 0 Å². The molecule has 1 saturated heterocycles. The van der Waals surface area contributed by atoms with Gasteiger partial charge in [-0.05, 0) is 40.5 Å². The van der Waals surface area contributed by atoms with E-state index in [4.69, 9.17) is 0 Å². The Morgan fingerprint density at radius 3 is 2.44 bits per heavy atom. The van der Waals surface area contributed by atoms with E-state index in [-0.39, 0.29) is 6.04 Å². The minimum absolute atomic E-state index is 0.279. The number of piperidine rings is 1. The van der Waals surface area contributed by atoms with E-state index < -0.39 is 14.8 Å². The summed E-state index contributed by atoms with van der Waals surface area (Å²) in [4.78, 5) is 0. The molecule has 0 saturated carbocycles. The molecule has 0 radical (unpaired) electrons. The first-order valence-corrected chi connectivity index (χ1v) is 7.46. The topological polar surface area (TPSA) is 58.2 Å². The lowest BCUT2D eigenvalue weighted by molar-refractivity contribution is 0.333. The lowest BCUT2D eigenvalue weighted by Gasteiger charge is -2.30. The second-order valence-corrected chi connectivity index (χ2v) is 8.18. The monoisotopic (exact) mass is 248 g/mol. The van der Waals surface area contributed by atoms with Crippen LogP contribution in [-0.2, 0) is 10.0 Å². The maximum absolute atomic E-state index is 11.8. The molecule has 0 aliphatic carbocycles. The van der Waals surface area contributed by atoms with Crippen molar-refractivity contribution in [2.24, 2.45) is 0 Å². The molecule has 16 heavy (non-hydrogen) atoms. The fraction of sp³-hybridized carbons (Fsp3) is 1.00. The lowest BCUT2D eigenvalue weighted by Crippen LogP contribution is -2.49. The third kappa shape index (κ3) is 3.71. The van der Waals surface area contributed by atoms with E-state index in [2.05, 4.69) is 17.0 Å². The van der Waals surface area contributed by atoms with Crippen molar-refractivity contribution in [1.29, 1.82) is 0 Å². The Kier molecular flexibility index (Phi) is 4.37. The van der Waals surface area contributed by atoms with E-state index in [1.165, 1.54) is 12.8 Å². The van der Waals surface area contributed by atoms with Gasteiger partial charge in [-0.2, -0.15) is 0 Å². The fourth-order valence-corrected chi connectivity index (χ4v) is 2.68. The first-order chi connectivity index (χ1) is 7.22. The van der Waals surface area contributed by atoms with Crippen LogP contribution in [0.5, 0.6) is 0 Å². The standard InChI is InChI=1S/C11H24N2O2S/c1-9-6-5-7-10(13-9)8-12-16(14,15)11(2,3)4/h9-10,12-13H,5-8H2,1-4H3. The van der Waals surface area contributed by atoms with Gasteiger partial charge in [0.1, 0.15) is 0 Å². The molecule has 2 atom stereocenters. The molecule has 0 amide bonds. The molecular formula is C11H24N2O2S. The van der Waals surface area contributed by atoms with Gasteiger partial charge < -0.3 is 5.32 Å². The van der Waals surface area contributed by atoms with Crippen LogP contribution in [0.25, 0.3) is 0 Å². The maximum Gasteiger partial charge on any atom is 0.216 e. The van der Waals surface area contributed by atoms with Crippen LogP contribution in [0.15, 0.2) is 0 Å². The van der Waals surface area contributed by atoms with Gasteiger partial charge in [0.05, 0.1) is 4.75 Å². The maximum atomic E-state index is 11.8. The van der Waals surface area contributed by atoms with Gasteiger partial charge in [-0.1, -0.05) is 6.42 Å². The van der Waals surface area contributed by atoms with Crippen LogP contribution in [0.2, 0.25) is 0 Å². The van der Waals surface area contributed by atoms with Crippen LogP contribution in [0.4, 0.5) is 0 Å². The molecular weight excluding hydrogens is 224 g/mol. The predicted molar refractivity (Wildman–Crippen MR) is 66.9 cm³/mol. The molecule has 2 unspecified atom stereocenters. The third-order valence-electron chi connectivity index (χ3n) is 3.04. The SMILES string of the molecule is CC1CCCC(CNS(=O)(=O)C(C)(C)C)N1. The van der Waals surface area contributed by atoms with E-state index in [1.807, 2.05) is 0 Å². The van der Waals surface area contributed by atoms with Crippen LogP contribution in [-0.4, -0.2) is 31.8 Å². The molecule has 2 N–H and O–H groups in total. The molecule has 1 heterocycles. The number of nitrogens with one attached hydrogen (secondary N) is 2. The minimum atomic E-state index is -3.20. The summed E-state index contributed by atoms with van der Waals surface area (Å²) in [6.45, 7) is 7.79. The first-order valence-electron chi connectivity index (χ1n) is 5.97. The van der Waals surface area contributed by atoms with E-state index in [9.17, 15) is 8.42 Å². The molecule has 1 aliphatic rings. The van der Waals surface area contributed by atoms with Crippen molar-refractivity contribution >= 4 is 10.0 Å². The Morgan fingerprint density at radius 1 is 1.31 bits per heavy atom. The van der Waals surface area contributed by atoms with E-state index in [1.54, 1.807) is 20.8 Å². The van der Waals surface area contributed by atoms with Crippen molar-refractivity contribution in [3.05, 3.63) is 0 Å². The molecule has 1 aliphatic heterocycles. The number of hydrogen-bond acceptors (Lipinski definition) is 3. The summed E-state index contributed by atoms with van der Waals surface area (Å²) in [6, 6.07) is 0.777. The van der Waals surface area contributed by atoms with Crippen molar-refractivity contribution in [1.82, 2.24) is 10.0 Å². The molecule has 5 heteroatoms. The summed E-state index contributed by atoms with van der Waals surface area (Å²) in [6.07, 6.45) is 3.41. The molecule has 0 aromatic rings. The Labute approximate surface area is 99.2 Å². The highest BCUT2D eigenvalue weighted by molar-refractivity contribution is 7.90. The number of sulfonamides is 1. The van der Waals surface area contributed by atoms with E-state index >= 15 is 0 Å². The summed E-state index contributed by atoms with van der Waals surface area (Å²) < 4.78 is 25.6. The Bertz CT molecular complexity index is 319. The van der Waals surface area contributed by atoms with Gasteiger partial charge in [-0.3, -0.25) is 0 Å². The van der Waals surface area contributed by atoms with Crippen LogP contribution in [0.3, 0.4) is 0 Å². The van der Waals surface area contributed by atoms with Crippen molar-refractivity contribution in [3.8, 4) is 0 Å². The fourth-order valence-electron chi connectivity index (χ4n) is 1.83. The highest BCUT2D eigenvalue weighted by Crippen LogP contribution is 2.15. The second kappa shape index (κ2) is 5.02. The average molecular weight is 248 g/mol. The molecule has 4 nitrogen and oxygen atoms in total. The predicted octanol–water partition coefficient (Wildman–Crippen LogP) is 1.23. The van der Waals surface area contributed by atoms with Crippen LogP contribution >= 0.6 is 0 Å². The molecule has 0 spiro atoms. The van der Waals surface area contributed by atoms with Crippen molar-refractivity contribution in [2.45, 2.75) is 63.8 Å². The van der Waals surface area contributed by atoms with Crippen LogP contribution < -0.4 is 10.0 Å². The highest BCUT2D eigenvalue weighted by atomic mass is 32.2. The summed E-state index contributed by atoms with van der Waals surface area (Å²) in [7, 11) is -3.20. The minimum Gasteiger partial charge on any atom is -0.310 e. The normalized spacial score (nSPS) is 28.0. The summed E-state index contributed by atoms with van der Waals surface area (Å²) >= 11 is 0. The van der Waals surface area contributed by atoms with Gasteiger partial charge in [0.15, 0.2) is 0 Å². The quantitative estimate of drug-likeness (QED) is 0.790. The zero-order valence-electron chi connectivity index (χ0n) is 10.7. The average Bonchev–Trinajstić information content (AvgIpc) is 2.13. The first kappa shape index (κ1) is 13.9. The van der Waals surface area contributed by atoms with Crippen molar-refractivity contribution in [3.63, 3.8) is 0 Å². The van der Waals surface area contributed by atoms with E-state index in [0.29, 0.717) is 12.6 Å². The Hall–Kier alpha value is -0.130. The molecule has 96 valence electrons. The summed E-state index contributed by atoms with van der Waals surface area (Å²) in [5.74, 6) is 0. The van der Waals surface area contributed by atoms with Gasteiger partial charge >= 0.3 is 0 Å². The largest absolute Gasteiger partial charge is 0.310 e. The van der Waals surface area contributed by atoms with Crippen molar-refractivity contribution < 1.29 is 8.42 Å². The zero-order chi connectivity index (χ0) is 12.4.